The number of benzene rings is 1. The van der Waals surface area contributed by atoms with Crippen molar-refractivity contribution < 1.29 is 14.4 Å². The van der Waals surface area contributed by atoms with Gasteiger partial charge in [0.15, 0.2) is 11.6 Å². The maximum Gasteiger partial charge on any atom is 0.291 e. The first-order valence-corrected chi connectivity index (χ1v) is 6.46. The van der Waals surface area contributed by atoms with Crippen LogP contribution in [0.15, 0.2) is 44.4 Å². The highest BCUT2D eigenvalue weighted by Crippen LogP contribution is 2.24. The van der Waals surface area contributed by atoms with Crippen LogP contribution in [0.2, 0.25) is 0 Å². The minimum absolute atomic E-state index is 0.00904. The third-order valence-corrected chi connectivity index (χ3v) is 3.24. The van der Waals surface area contributed by atoms with Crippen molar-refractivity contribution in [3.63, 3.8) is 0 Å². The van der Waals surface area contributed by atoms with Crippen molar-refractivity contribution in [3.05, 3.63) is 51.9 Å². The van der Waals surface area contributed by atoms with E-state index in [0.29, 0.717) is 21.5 Å². The number of carbonyl (C=O) groups excluding carboxylic acids is 1. The van der Waals surface area contributed by atoms with Crippen LogP contribution >= 0.6 is 15.9 Å². The number of furan rings is 1. The number of halogens is 1. The van der Waals surface area contributed by atoms with Crippen LogP contribution in [0.25, 0.3) is 0 Å². The number of carbonyl (C=O) groups is 1. The zero-order valence-electron chi connectivity index (χ0n) is 10.6. The van der Waals surface area contributed by atoms with Crippen LogP contribution in [0.1, 0.15) is 21.9 Å². The smallest absolute Gasteiger partial charge is 0.291 e. The second kappa shape index (κ2) is 5.79. The van der Waals surface area contributed by atoms with Gasteiger partial charge in [0.25, 0.3) is 5.91 Å². The Bertz CT molecular complexity index is 679. The van der Waals surface area contributed by atoms with E-state index in [1.165, 1.54) is 0 Å². The van der Waals surface area contributed by atoms with Gasteiger partial charge in [0.1, 0.15) is 5.76 Å². The maximum atomic E-state index is 11.9. The Hall–Kier alpha value is -2.28. The first kappa shape index (κ1) is 14.1. The van der Waals surface area contributed by atoms with Crippen molar-refractivity contribution in [1.82, 2.24) is 0 Å². The van der Waals surface area contributed by atoms with Crippen molar-refractivity contribution in [1.29, 1.82) is 0 Å². The monoisotopic (exact) mass is 337 g/mol. The molecule has 0 saturated carbocycles. The summed E-state index contributed by atoms with van der Waals surface area (Å²) in [6.45, 7) is 1.76. The predicted molar refractivity (Wildman–Crippen MR) is 78.1 cm³/mol. The molecular weight excluding hydrogens is 326 g/mol. The zero-order chi connectivity index (χ0) is 14.7. The average molecular weight is 338 g/mol. The second-order valence-electron chi connectivity index (χ2n) is 4.04. The van der Waals surface area contributed by atoms with E-state index in [2.05, 4.69) is 26.4 Å². The Kier molecular flexibility index (Phi) is 4.09. The lowest BCUT2D eigenvalue weighted by Gasteiger charge is -2.07. The average Bonchev–Trinajstić information content (AvgIpc) is 2.86. The van der Waals surface area contributed by atoms with Crippen molar-refractivity contribution in [2.75, 3.05) is 5.32 Å². The molecule has 1 heterocycles. The second-order valence-corrected chi connectivity index (χ2v) is 4.90. The van der Waals surface area contributed by atoms with Gasteiger partial charge in [-0.1, -0.05) is 5.16 Å². The van der Waals surface area contributed by atoms with Crippen LogP contribution in [-0.2, 0) is 0 Å². The van der Waals surface area contributed by atoms with Crippen LogP contribution in [0.5, 0.6) is 0 Å². The van der Waals surface area contributed by atoms with Gasteiger partial charge in [0, 0.05) is 10.0 Å². The van der Waals surface area contributed by atoms with E-state index in [0.717, 1.165) is 0 Å². The maximum absolute atomic E-state index is 11.9. The first-order valence-electron chi connectivity index (χ1n) is 5.66. The molecule has 0 fully saturated rings. The van der Waals surface area contributed by atoms with Crippen LogP contribution in [-0.4, -0.2) is 17.0 Å². The number of anilines is 1. The van der Waals surface area contributed by atoms with Gasteiger partial charge in [-0.2, -0.15) is 0 Å². The molecule has 7 heteroatoms. The minimum Gasteiger partial charge on any atom is -0.456 e. The molecule has 2 rings (SSSR count). The van der Waals surface area contributed by atoms with Gasteiger partial charge in [-0.25, -0.2) is 0 Å². The predicted octanol–water partition coefficient (Wildman–Crippen LogP) is 2.70. The van der Waals surface area contributed by atoms with E-state index in [-0.39, 0.29) is 17.5 Å². The van der Waals surface area contributed by atoms with Gasteiger partial charge in [-0.3, -0.25) is 4.79 Å². The third kappa shape index (κ3) is 3.00. The summed E-state index contributed by atoms with van der Waals surface area (Å²) >= 11 is 3.31. The highest BCUT2D eigenvalue weighted by Gasteiger charge is 2.12. The Morgan fingerprint density at radius 3 is 2.70 bits per heavy atom. The van der Waals surface area contributed by atoms with Crippen LogP contribution in [0, 0.1) is 6.92 Å². The fourth-order valence-electron chi connectivity index (χ4n) is 1.57. The molecule has 6 nitrogen and oxygen atoms in total. The summed E-state index contributed by atoms with van der Waals surface area (Å²) < 4.78 is 5.85. The van der Waals surface area contributed by atoms with E-state index in [1.54, 1.807) is 37.3 Å². The fraction of sp³-hybridized carbons (Fsp3) is 0.0769. The topological polar surface area (TPSA) is 101 Å². The summed E-state index contributed by atoms with van der Waals surface area (Å²) in [5.74, 6) is 0.534. The zero-order valence-corrected chi connectivity index (χ0v) is 12.1. The SMILES string of the molecule is Cc1ccc(C(=O)Nc2ccc(/C(N)=N/O)cc2Br)o1. The summed E-state index contributed by atoms with van der Waals surface area (Å²) in [6.07, 6.45) is 0. The summed E-state index contributed by atoms with van der Waals surface area (Å²) in [7, 11) is 0. The molecule has 4 N–H and O–H groups in total. The third-order valence-electron chi connectivity index (χ3n) is 2.58. The fourth-order valence-corrected chi connectivity index (χ4v) is 2.05. The number of hydrogen-bond donors (Lipinski definition) is 3. The van der Waals surface area contributed by atoms with Gasteiger partial charge in [0.05, 0.1) is 5.69 Å². The number of rotatable bonds is 3. The van der Waals surface area contributed by atoms with Gasteiger partial charge in [0.2, 0.25) is 0 Å². The summed E-state index contributed by atoms with van der Waals surface area (Å²) in [5.41, 5.74) is 6.57. The van der Waals surface area contributed by atoms with Crippen LogP contribution in [0.4, 0.5) is 5.69 Å². The number of nitrogens with zero attached hydrogens (tertiary/aromatic N) is 1. The Morgan fingerprint density at radius 1 is 1.40 bits per heavy atom. The lowest BCUT2D eigenvalue weighted by Crippen LogP contribution is -2.14. The lowest BCUT2D eigenvalue weighted by atomic mass is 10.2. The molecule has 20 heavy (non-hydrogen) atoms. The quantitative estimate of drug-likeness (QED) is 0.347. The highest BCUT2D eigenvalue weighted by molar-refractivity contribution is 9.10. The summed E-state index contributed by atoms with van der Waals surface area (Å²) in [5, 5.41) is 14.2. The number of amides is 1. The van der Waals surface area contributed by atoms with E-state index in [9.17, 15) is 4.79 Å². The van der Waals surface area contributed by atoms with Crippen molar-refractivity contribution in [3.8, 4) is 0 Å². The lowest BCUT2D eigenvalue weighted by molar-refractivity contribution is 0.0995. The van der Waals surface area contributed by atoms with E-state index in [4.69, 9.17) is 15.4 Å². The number of aryl methyl sites for hydroxylation is 1. The first-order chi connectivity index (χ1) is 9.51. The van der Waals surface area contributed by atoms with Crippen molar-refractivity contribution in [2.45, 2.75) is 6.92 Å². The van der Waals surface area contributed by atoms with Gasteiger partial charge in [-0.15, -0.1) is 0 Å². The van der Waals surface area contributed by atoms with Gasteiger partial charge >= 0.3 is 0 Å². The molecule has 0 bridgehead atoms. The molecule has 1 aromatic carbocycles. The molecule has 0 unspecified atom stereocenters. The molecule has 1 aromatic heterocycles. The van der Waals surface area contributed by atoms with Crippen molar-refractivity contribution in [2.24, 2.45) is 10.9 Å². The van der Waals surface area contributed by atoms with E-state index < -0.39 is 0 Å². The Labute approximate surface area is 123 Å². The summed E-state index contributed by atoms with van der Waals surface area (Å²) in [4.78, 5) is 11.9. The molecule has 1 amide bonds. The molecule has 0 aliphatic carbocycles. The Balaban J connectivity index is 2.20. The number of nitrogens with one attached hydrogen (secondary N) is 1. The minimum atomic E-state index is -0.352. The van der Waals surface area contributed by atoms with Crippen LogP contribution in [0.3, 0.4) is 0 Å². The molecule has 0 radical (unpaired) electrons. The van der Waals surface area contributed by atoms with Gasteiger partial charge < -0.3 is 20.7 Å². The molecular formula is C13H12BrN3O3. The van der Waals surface area contributed by atoms with Crippen molar-refractivity contribution >= 4 is 33.4 Å². The highest BCUT2D eigenvalue weighted by atomic mass is 79.9. The van der Waals surface area contributed by atoms with Gasteiger partial charge in [-0.05, 0) is 53.2 Å². The molecule has 2 aromatic rings. The molecule has 0 aliphatic heterocycles. The number of amidine groups is 1. The van der Waals surface area contributed by atoms with Crippen LogP contribution < -0.4 is 11.1 Å². The molecule has 0 saturated heterocycles. The molecule has 0 atom stereocenters. The number of nitrogens with two attached hydrogens (primary N) is 1. The standard InChI is InChI=1S/C13H12BrN3O3/c1-7-2-5-11(20-7)13(18)16-10-4-3-8(6-9(10)14)12(15)17-19/h2-6,19H,1H3,(H2,15,17)(H,16,18). The largest absolute Gasteiger partial charge is 0.456 e. The molecule has 104 valence electrons. The summed E-state index contributed by atoms with van der Waals surface area (Å²) in [6, 6.07) is 8.22. The number of hydrogen-bond acceptors (Lipinski definition) is 4. The number of oxime groups is 1. The molecule has 0 spiro atoms. The van der Waals surface area contributed by atoms with E-state index >= 15 is 0 Å². The van der Waals surface area contributed by atoms with E-state index in [1.807, 2.05) is 0 Å². The normalized spacial score (nSPS) is 11.4. The Morgan fingerprint density at radius 2 is 2.15 bits per heavy atom. The molecule has 0 aliphatic rings.